The molecule has 0 unspecified atom stereocenters. The van der Waals surface area contributed by atoms with Crippen molar-refractivity contribution in [3.63, 3.8) is 0 Å². The first-order valence-corrected chi connectivity index (χ1v) is 6.81. The number of carbonyl (C=O) groups excluding carboxylic acids is 1. The molecule has 1 aromatic heterocycles. The monoisotopic (exact) mass is 310 g/mol. The maximum absolute atomic E-state index is 12.6. The van der Waals surface area contributed by atoms with E-state index in [0.29, 0.717) is 12.1 Å². The second-order valence-corrected chi connectivity index (χ2v) is 5.18. The summed E-state index contributed by atoms with van der Waals surface area (Å²) in [6.07, 6.45) is -4.47. The molecule has 0 bridgehead atoms. The number of aromatic nitrogens is 1. The predicted molar refractivity (Wildman–Crippen MR) is 77.1 cm³/mol. The summed E-state index contributed by atoms with van der Waals surface area (Å²) in [6.45, 7) is 2.30. The van der Waals surface area contributed by atoms with Crippen LogP contribution in [0.3, 0.4) is 0 Å². The number of amides is 1. The lowest BCUT2D eigenvalue weighted by molar-refractivity contribution is -0.137. The van der Waals surface area contributed by atoms with Crippen molar-refractivity contribution in [2.75, 3.05) is 0 Å². The van der Waals surface area contributed by atoms with E-state index >= 15 is 0 Å². The van der Waals surface area contributed by atoms with Crippen molar-refractivity contribution in [1.82, 2.24) is 9.88 Å². The maximum Gasteiger partial charge on any atom is 0.416 e. The molecule has 0 radical (unpaired) electrons. The van der Waals surface area contributed by atoms with Crippen LogP contribution in [-0.2, 0) is 31.0 Å². The highest BCUT2D eigenvalue weighted by atomic mass is 19.4. The van der Waals surface area contributed by atoms with Gasteiger partial charge >= 0.3 is 6.18 Å². The molecule has 2 rings (SSSR count). The molecule has 1 heterocycles. The Labute approximate surface area is 126 Å². The number of rotatable bonds is 4. The molecule has 118 valence electrons. The van der Waals surface area contributed by atoms with E-state index < -0.39 is 11.7 Å². The average molecular weight is 310 g/mol. The predicted octanol–water partition coefficient (Wildman–Crippen LogP) is 3.21. The van der Waals surface area contributed by atoms with E-state index in [0.717, 1.165) is 23.5 Å². The van der Waals surface area contributed by atoms with Crippen LogP contribution >= 0.6 is 0 Å². The van der Waals surface area contributed by atoms with Gasteiger partial charge in [0.15, 0.2) is 0 Å². The molecule has 0 aliphatic carbocycles. The van der Waals surface area contributed by atoms with Crippen LogP contribution in [0.5, 0.6) is 0 Å². The average Bonchev–Trinajstić information content (AvgIpc) is 2.76. The molecule has 3 nitrogen and oxygen atoms in total. The van der Waals surface area contributed by atoms with E-state index in [-0.39, 0.29) is 12.3 Å². The second-order valence-electron chi connectivity index (χ2n) is 5.18. The summed E-state index contributed by atoms with van der Waals surface area (Å²) >= 11 is 0. The van der Waals surface area contributed by atoms with E-state index in [4.69, 9.17) is 0 Å². The Morgan fingerprint density at radius 1 is 1.23 bits per heavy atom. The van der Waals surface area contributed by atoms with Crippen LogP contribution in [0.15, 0.2) is 36.4 Å². The molecule has 0 fully saturated rings. The third kappa shape index (κ3) is 3.90. The van der Waals surface area contributed by atoms with Crippen LogP contribution in [0.4, 0.5) is 13.2 Å². The highest BCUT2D eigenvalue weighted by Gasteiger charge is 2.30. The zero-order chi connectivity index (χ0) is 16.3. The molecule has 0 aliphatic heterocycles. The Kier molecular flexibility index (Phi) is 4.59. The van der Waals surface area contributed by atoms with Crippen molar-refractivity contribution in [2.24, 2.45) is 7.05 Å². The summed E-state index contributed by atoms with van der Waals surface area (Å²) in [5.74, 6) is -0.307. The Morgan fingerprint density at radius 3 is 2.55 bits per heavy atom. The van der Waals surface area contributed by atoms with Gasteiger partial charge in [-0.2, -0.15) is 13.2 Å². The van der Waals surface area contributed by atoms with Gasteiger partial charge in [-0.25, -0.2) is 0 Å². The summed E-state index contributed by atoms with van der Waals surface area (Å²) in [4.78, 5) is 11.9. The minimum absolute atomic E-state index is 0.0761. The zero-order valence-electron chi connectivity index (χ0n) is 12.4. The molecule has 1 amide bonds. The minimum atomic E-state index is -4.40. The van der Waals surface area contributed by atoms with Gasteiger partial charge in [-0.1, -0.05) is 18.2 Å². The molecule has 22 heavy (non-hydrogen) atoms. The number of nitrogens with one attached hydrogen (secondary N) is 1. The highest BCUT2D eigenvalue weighted by Crippen LogP contribution is 2.29. The van der Waals surface area contributed by atoms with Gasteiger partial charge < -0.3 is 9.88 Å². The lowest BCUT2D eigenvalue weighted by Gasteiger charge is -2.10. The van der Waals surface area contributed by atoms with E-state index in [1.165, 1.54) is 12.1 Å². The molecule has 0 saturated carbocycles. The van der Waals surface area contributed by atoms with E-state index in [1.54, 1.807) is 0 Å². The fraction of sp³-hybridized carbons (Fsp3) is 0.312. The molecule has 6 heteroatoms. The minimum Gasteiger partial charge on any atom is -0.350 e. The number of benzene rings is 1. The fourth-order valence-electron chi connectivity index (χ4n) is 2.14. The standard InChI is InChI=1S/C16H17F3N2O/c1-11-6-7-14(21(11)2)10-20-15(22)9-12-4-3-5-13(8-12)16(17,18)19/h3-8H,9-10H2,1-2H3,(H,20,22). The van der Waals surface area contributed by atoms with E-state index in [1.807, 2.05) is 30.7 Å². The van der Waals surface area contributed by atoms with Crippen molar-refractivity contribution < 1.29 is 18.0 Å². The number of hydrogen-bond acceptors (Lipinski definition) is 1. The van der Waals surface area contributed by atoms with Crippen LogP contribution in [0.1, 0.15) is 22.5 Å². The Hall–Kier alpha value is -2.24. The van der Waals surface area contributed by atoms with Crippen LogP contribution in [-0.4, -0.2) is 10.5 Å². The Bertz CT molecular complexity index is 674. The summed E-state index contributed by atoms with van der Waals surface area (Å²) in [7, 11) is 1.89. The normalized spacial score (nSPS) is 11.5. The number of nitrogens with zero attached hydrogens (tertiary/aromatic N) is 1. The van der Waals surface area contributed by atoms with Gasteiger partial charge in [0.05, 0.1) is 18.5 Å². The van der Waals surface area contributed by atoms with Crippen molar-refractivity contribution in [2.45, 2.75) is 26.1 Å². The topological polar surface area (TPSA) is 34.0 Å². The first kappa shape index (κ1) is 16.1. The fourth-order valence-corrected chi connectivity index (χ4v) is 2.14. The Balaban J connectivity index is 1.96. The molecule has 0 atom stereocenters. The second kappa shape index (κ2) is 6.25. The van der Waals surface area contributed by atoms with Gasteiger partial charge in [-0.15, -0.1) is 0 Å². The summed E-state index contributed by atoms with van der Waals surface area (Å²) in [5, 5.41) is 2.72. The van der Waals surface area contributed by atoms with Crippen molar-refractivity contribution in [3.8, 4) is 0 Å². The third-order valence-electron chi connectivity index (χ3n) is 3.56. The zero-order valence-corrected chi connectivity index (χ0v) is 12.4. The lowest BCUT2D eigenvalue weighted by Crippen LogP contribution is -2.25. The van der Waals surface area contributed by atoms with Gasteiger partial charge in [-0.05, 0) is 30.7 Å². The molecule has 0 spiro atoms. The number of carbonyl (C=O) groups is 1. The summed E-state index contributed by atoms with van der Waals surface area (Å²) in [5.41, 5.74) is 1.61. The number of hydrogen-bond donors (Lipinski definition) is 1. The third-order valence-corrected chi connectivity index (χ3v) is 3.56. The molecular formula is C16H17F3N2O. The molecule has 1 N–H and O–H groups in total. The molecule has 2 aromatic rings. The molecule has 0 aliphatic rings. The maximum atomic E-state index is 12.6. The van der Waals surface area contributed by atoms with E-state index in [2.05, 4.69) is 5.32 Å². The largest absolute Gasteiger partial charge is 0.416 e. The van der Waals surface area contributed by atoms with Gasteiger partial charge in [0.25, 0.3) is 0 Å². The number of alkyl halides is 3. The summed E-state index contributed by atoms with van der Waals surface area (Å²) in [6, 6.07) is 8.67. The van der Waals surface area contributed by atoms with Crippen LogP contribution in [0.2, 0.25) is 0 Å². The van der Waals surface area contributed by atoms with Gasteiger partial charge in [0.2, 0.25) is 5.91 Å². The number of aryl methyl sites for hydroxylation is 1. The Morgan fingerprint density at radius 2 is 1.95 bits per heavy atom. The first-order valence-electron chi connectivity index (χ1n) is 6.81. The van der Waals surface area contributed by atoms with Crippen LogP contribution < -0.4 is 5.32 Å². The van der Waals surface area contributed by atoms with E-state index in [9.17, 15) is 18.0 Å². The van der Waals surface area contributed by atoms with Crippen LogP contribution in [0, 0.1) is 6.92 Å². The van der Waals surface area contributed by atoms with Crippen molar-refractivity contribution in [3.05, 3.63) is 58.9 Å². The van der Waals surface area contributed by atoms with Gasteiger partial charge in [0, 0.05) is 18.4 Å². The molecular weight excluding hydrogens is 293 g/mol. The smallest absolute Gasteiger partial charge is 0.350 e. The molecule has 1 aromatic carbocycles. The molecule has 0 saturated heterocycles. The highest BCUT2D eigenvalue weighted by molar-refractivity contribution is 5.78. The quantitative estimate of drug-likeness (QED) is 0.924. The summed E-state index contributed by atoms with van der Waals surface area (Å²) < 4.78 is 39.8. The first-order chi connectivity index (χ1) is 10.3. The SMILES string of the molecule is Cc1ccc(CNC(=O)Cc2cccc(C(F)(F)F)c2)n1C. The van der Waals surface area contributed by atoms with Crippen molar-refractivity contribution in [1.29, 1.82) is 0 Å². The van der Waals surface area contributed by atoms with Gasteiger partial charge in [0.1, 0.15) is 0 Å². The van der Waals surface area contributed by atoms with Crippen molar-refractivity contribution >= 4 is 5.91 Å². The van der Waals surface area contributed by atoms with Crippen LogP contribution in [0.25, 0.3) is 0 Å². The number of halogens is 3. The van der Waals surface area contributed by atoms with Gasteiger partial charge in [-0.3, -0.25) is 4.79 Å². The lowest BCUT2D eigenvalue weighted by atomic mass is 10.1.